The molecule has 2 N–H and O–H groups in total. The summed E-state index contributed by atoms with van der Waals surface area (Å²) in [5, 5.41) is 23.7. The first kappa shape index (κ1) is 23.7. The highest BCUT2D eigenvalue weighted by Gasteiger charge is 2.16. The minimum atomic E-state index is -1.18. The van der Waals surface area contributed by atoms with Crippen LogP contribution in [-0.2, 0) is 11.4 Å². The summed E-state index contributed by atoms with van der Waals surface area (Å²) >= 11 is 3.42. The van der Waals surface area contributed by atoms with E-state index in [9.17, 15) is 20.0 Å². The Morgan fingerprint density at radius 3 is 2.54 bits per heavy atom. The fourth-order valence-corrected chi connectivity index (χ4v) is 3.99. The highest BCUT2D eigenvalue weighted by atomic mass is 79.9. The van der Waals surface area contributed by atoms with E-state index in [1.54, 1.807) is 24.3 Å². The third kappa shape index (κ3) is 5.57. The fourth-order valence-electron chi connectivity index (χ4n) is 3.61. The van der Waals surface area contributed by atoms with Gasteiger partial charge in [0.05, 0.1) is 11.3 Å². The number of carbonyl (C=O) groups is 2. The topological polar surface area (TPSA) is 99.4 Å². The average Bonchev–Trinajstić information content (AvgIpc) is 2.86. The van der Waals surface area contributed by atoms with Crippen LogP contribution in [0.5, 0.6) is 5.75 Å². The van der Waals surface area contributed by atoms with Crippen LogP contribution in [0.2, 0.25) is 0 Å². The molecule has 0 spiro atoms. The second-order valence-corrected chi connectivity index (χ2v) is 8.50. The SMILES string of the molecule is N#C/C(=C\c1cc(Br)ccc1OCc1cccc2ccccc12)C(=O)Nc1ccccc1C(=O)O. The average molecular weight is 527 g/mol. The van der Waals surface area contributed by atoms with E-state index in [4.69, 9.17) is 4.74 Å². The minimum Gasteiger partial charge on any atom is -0.488 e. The van der Waals surface area contributed by atoms with E-state index in [-0.39, 0.29) is 16.8 Å². The summed E-state index contributed by atoms with van der Waals surface area (Å²) in [5.74, 6) is -1.41. The quantitative estimate of drug-likeness (QED) is 0.213. The first-order chi connectivity index (χ1) is 17.0. The number of hydrogen-bond donors (Lipinski definition) is 2. The van der Waals surface area contributed by atoms with Crippen molar-refractivity contribution < 1.29 is 19.4 Å². The number of carbonyl (C=O) groups excluding carboxylic acids is 1. The molecule has 0 radical (unpaired) electrons. The van der Waals surface area contributed by atoms with Gasteiger partial charge in [0.1, 0.15) is 24.0 Å². The molecule has 0 aliphatic carbocycles. The number of nitriles is 1. The number of carboxylic acid groups (broad SMARTS) is 1. The molecule has 0 atom stereocenters. The molecular weight excluding hydrogens is 508 g/mol. The van der Waals surface area contributed by atoms with Gasteiger partial charge in [-0.3, -0.25) is 4.79 Å². The lowest BCUT2D eigenvalue weighted by Gasteiger charge is -2.12. The largest absolute Gasteiger partial charge is 0.488 e. The number of hydrogen-bond acceptors (Lipinski definition) is 4. The van der Waals surface area contributed by atoms with Crippen LogP contribution in [-0.4, -0.2) is 17.0 Å². The van der Waals surface area contributed by atoms with E-state index < -0.39 is 11.9 Å². The van der Waals surface area contributed by atoms with E-state index in [2.05, 4.69) is 21.2 Å². The Kier molecular flexibility index (Phi) is 7.24. The Hall–Kier alpha value is -4.41. The van der Waals surface area contributed by atoms with Crippen molar-refractivity contribution in [3.05, 3.63) is 112 Å². The number of nitrogens with zero attached hydrogens (tertiary/aromatic N) is 1. The maximum Gasteiger partial charge on any atom is 0.337 e. The fraction of sp³-hybridized carbons (Fsp3) is 0.0357. The summed E-state index contributed by atoms with van der Waals surface area (Å²) in [6.07, 6.45) is 1.42. The molecule has 35 heavy (non-hydrogen) atoms. The van der Waals surface area contributed by atoms with Crippen LogP contribution < -0.4 is 10.1 Å². The Balaban J connectivity index is 1.61. The number of benzene rings is 4. The van der Waals surface area contributed by atoms with Crippen LogP contribution in [0.4, 0.5) is 5.69 Å². The zero-order chi connectivity index (χ0) is 24.8. The number of halogens is 1. The number of ether oxygens (including phenoxy) is 1. The summed E-state index contributed by atoms with van der Waals surface area (Å²) in [6, 6.07) is 27.2. The second-order valence-electron chi connectivity index (χ2n) is 7.58. The van der Waals surface area contributed by atoms with Gasteiger partial charge in [0.2, 0.25) is 0 Å². The smallest absolute Gasteiger partial charge is 0.337 e. The lowest BCUT2D eigenvalue weighted by Crippen LogP contribution is -2.16. The molecule has 0 unspecified atom stereocenters. The third-order valence-corrected chi connectivity index (χ3v) is 5.80. The molecule has 7 heteroatoms. The van der Waals surface area contributed by atoms with E-state index in [0.29, 0.717) is 17.9 Å². The van der Waals surface area contributed by atoms with Crippen molar-refractivity contribution in [3.8, 4) is 11.8 Å². The summed E-state index contributed by atoms with van der Waals surface area (Å²) in [4.78, 5) is 24.2. The molecule has 4 rings (SSSR count). The molecular formula is C28H19BrN2O4. The first-order valence-corrected chi connectivity index (χ1v) is 11.4. The molecule has 0 saturated carbocycles. The van der Waals surface area contributed by atoms with Crippen LogP contribution in [0.3, 0.4) is 0 Å². The summed E-state index contributed by atoms with van der Waals surface area (Å²) in [5.41, 5.74) is 1.37. The van der Waals surface area contributed by atoms with Crippen LogP contribution in [0.1, 0.15) is 21.5 Å². The molecule has 4 aromatic carbocycles. The van der Waals surface area contributed by atoms with Gasteiger partial charge in [0.15, 0.2) is 0 Å². The van der Waals surface area contributed by atoms with Gasteiger partial charge in [-0.2, -0.15) is 5.26 Å². The monoisotopic (exact) mass is 526 g/mol. The maximum atomic E-state index is 12.8. The maximum absolute atomic E-state index is 12.8. The lowest BCUT2D eigenvalue weighted by atomic mass is 10.1. The number of anilines is 1. The molecule has 0 heterocycles. The predicted octanol–water partition coefficient (Wildman–Crippen LogP) is 6.43. The van der Waals surface area contributed by atoms with E-state index in [1.165, 1.54) is 18.2 Å². The molecule has 6 nitrogen and oxygen atoms in total. The zero-order valence-corrected chi connectivity index (χ0v) is 20.0. The van der Waals surface area contributed by atoms with Crippen molar-refractivity contribution in [2.24, 2.45) is 0 Å². The van der Waals surface area contributed by atoms with Crippen LogP contribution in [0, 0.1) is 11.3 Å². The van der Waals surface area contributed by atoms with E-state index in [1.807, 2.05) is 54.6 Å². The van der Waals surface area contributed by atoms with Crippen molar-refractivity contribution >= 4 is 50.3 Å². The molecule has 0 fully saturated rings. The van der Waals surface area contributed by atoms with Crippen molar-refractivity contribution in [2.45, 2.75) is 6.61 Å². The second kappa shape index (κ2) is 10.7. The van der Waals surface area contributed by atoms with Crippen molar-refractivity contribution in [1.82, 2.24) is 0 Å². The molecule has 0 bridgehead atoms. The van der Waals surface area contributed by atoms with Gasteiger partial charge in [-0.1, -0.05) is 70.5 Å². The number of amides is 1. The zero-order valence-electron chi connectivity index (χ0n) is 18.4. The molecule has 0 aliphatic heterocycles. The molecule has 0 saturated heterocycles. The lowest BCUT2D eigenvalue weighted by molar-refractivity contribution is -0.112. The summed E-state index contributed by atoms with van der Waals surface area (Å²) in [6.45, 7) is 0.296. The van der Waals surface area contributed by atoms with Gasteiger partial charge in [-0.15, -0.1) is 0 Å². The van der Waals surface area contributed by atoms with Gasteiger partial charge in [0, 0.05) is 10.0 Å². The van der Waals surface area contributed by atoms with Crippen LogP contribution >= 0.6 is 15.9 Å². The summed E-state index contributed by atoms with van der Waals surface area (Å²) < 4.78 is 6.84. The van der Waals surface area contributed by atoms with Crippen LogP contribution in [0.15, 0.2) is 95.0 Å². The molecule has 0 aliphatic rings. The highest BCUT2D eigenvalue weighted by Crippen LogP contribution is 2.28. The molecule has 1 amide bonds. The van der Waals surface area contributed by atoms with Crippen molar-refractivity contribution in [2.75, 3.05) is 5.32 Å². The number of aromatic carboxylic acids is 1. The number of para-hydroxylation sites is 1. The number of nitrogens with one attached hydrogen (secondary N) is 1. The van der Waals surface area contributed by atoms with Gasteiger partial charge in [-0.25, -0.2) is 4.79 Å². The van der Waals surface area contributed by atoms with E-state index >= 15 is 0 Å². The minimum absolute atomic E-state index is 0.0697. The van der Waals surface area contributed by atoms with Gasteiger partial charge < -0.3 is 15.2 Å². The number of fused-ring (bicyclic) bond motifs is 1. The van der Waals surface area contributed by atoms with Crippen molar-refractivity contribution in [1.29, 1.82) is 5.26 Å². The molecule has 0 aromatic heterocycles. The highest BCUT2D eigenvalue weighted by molar-refractivity contribution is 9.10. The molecule has 4 aromatic rings. The van der Waals surface area contributed by atoms with Crippen LogP contribution in [0.25, 0.3) is 16.8 Å². The normalized spacial score (nSPS) is 11.0. The van der Waals surface area contributed by atoms with Gasteiger partial charge >= 0.3 is 5.97 Å². The first-order valence-electron chi connectivity index (χ1n) is 10.6. The Morgan fingerprint density at radius 2 is 1.74 bits per heavy atom. The Labute approximate surface area is 210 Å². The van der Waals surface area contributed by atoms with Crippen molar-refractivity contribution in [3.63, 3.8) is 0 Å². The standard InChI is InChI=1S/C28H19BrN2O4/c29-22-12-13-26(35-17-19-8-5-7-18-6-1-2-9-23(18)19)20(15-22)14-21(16-30)27(32)31-25-11-4-3-10-24(25)28(33)34/h1-15H,17H2,(H,31,32)(H,33,34)/b21-14+. The van der Waals surface area contributed by atoms with E-state index in [0.717, 1.165) is 20.8 Å². The predicted molar refractivity (Wildman–Crippen MR) is 138 cm³/mol. The van der Waals surface area contributed by atoms with Gasteiger partial charge in [-0.05, 0) is 52.7 Å². The number of carboxylic acids is 1. The van der Waals surface area contributed by atoms with Gasteiger partial charge in [0.25, 0.3) is 5.91 Å². The number of rotatable bonds is 7. The molecule has 172 valence electrons. The third-order valence-electron chi connectivity index (χ3n) is 5.31. The Bertz CT molecular complexity index is 1500. The Morgan fingerprint density at radius 1 is 1.00 bits per heavy atom. The summed E-state index contributed by atoms with van der Waals surface area (Å²) in [7, 11) is 0.